The molecule has 0 radical (unpaired) electrons. The third kappa shape index (κ3) is 10.8. The van der Waals surface area contributed by atoms with Crippen LogP contribution in [0.4, 0.5) is 0 Å². The average molecular weight is 433 g/mol. The van der Waals surface area contributed by atoms with Gasteiger partial charge in [-0.3, -0.25) is 4.48 Å². The number of unbranched alkanes of at least 4 members (excludes halogenated alkanes) is 13. The zero-order valence-electron chi connectivity index (χ0n) is 21.1. The van der Waals surface area contributed by atoms with Crippen LogP contribution in [0, 0.1) is 0 Å². The second-order valence-electron chi connectivity index (χ2n) is 9.18. The Morgan fingerprint density at radius 2 is 1.07 bits per heavy atom. The smallest absolute Gasteiger partial charge is 0.345 e. The van der Waals surface area contributed by atoms with Crippen molar-refractivity contribution in [3.05, 3.63) is 0 Å². The fraction of sp³-hybridized carbons (Fsp3) is 1.00. The highest BCUT2D eigenvalue weighted by atomic mass is 28.1. The lowest BCUT2D eigenvalue weighted by atomic mass is 10.0. The van der Waals surface area contributed by atoms with Crippen molar-refractivity contribution in [2.75, 3.05) is 42.0 Å². The molecule has 0 saturated carbocycles. The van der Waals surface area contributed by atoms with Crippen molar-refractivity contribution >= 4 is 10.2 Å². The van der Waals surface area contributed by atoms with Crippen molar-refractivity contribution < 1.29 is 18.7 Å². The maximum absolute atomic E-state index is 5.91. The van der Waals surface area contributed by atoms with Gasteiger partial charge in [0, 0.05) is 31.6 Å². The van der Waals surface area contributed by atoms with Gasteiger partial charge in [-0.05, 0) is 18.9 Å². The molecule has 0 aromatic carbocycles. The van der Waals surface area contributed by atoms with Crippen molar-refractivity contribution in [2.24, 2.45) is 0 Å². The summed E-state index contributed by atoms with van der Waals surface area (Å²) in [6.45, 7) is 3.33. The quantitative estimate of drug-likeness (QED) is 0.107. The van der Waals surface area contributed by atoms with Crippen LogP contribution < -0.4 is 0 Å². The number of rotatable bonds is 21. The van der Waals surface area contributed by atoms with E-state index in [1.807, 2.05) is 0 Å². The highest BCUT2D eigenvalue weighted by molar-refractivity contribution is 6.08. The maximum Gasteiger partial charge on any atom is 0.345 e. The number of hydrogen-bond donors (Lipinski definition) is 0. The van der Waals surface area contributed by atoms with Gasteiger partial charge in [0.1, 0.15) is 0 Å². The van der Waals surface area contributed by atoms with E-state index in [0.29, 0.717) is 4.48 Å². The molecule has 1 unspecified atom stereocenters. The predicted molar refractivity (Wildman–Crippen MR) is 130 cm³/mol. The zero-order valence-corrected chi connectivity index (χ0v) is 23.1. The van der Waals surface area contributed by atoms with Gasteiger partial charge in [-0.2, -0.15) is 0 Å². The van der Waals surface area contributed by atoms with Gasteiger partial charge in [-0.1, -0.05) is 84.0 Å². The van der Waals surface area contributed by atoms with Crippen LogP contribution in [-0.4, -0.2) is 68.7 Å². The van der Waals surface area contributed by atoms with Gasteiger partial charge in [0.25, 0.3) is 0 Å². The van der Waals surface area contributed by atoms with E-state index in [1.54, 1.807) is 21.3 Å². The average Bonchev–Trinajstić information content (AvgIpc) is 2.72. The van der Waals surface area contributed by atoms with Gasteiger partial charge >= 0.3 is 5.91 Å². The molecule has 4 nitrogen and oxygen atoms in total. The molecule has 0 spiro atoms. The third-order valence-electron chi connectivity index (χ3n) is 6.56. The summed E-state index contributed by atoms with van der Waals surface area (Å²) in [5.74, 6) is -0.715. The lowest BCUT2D eigenvalue weighted by Gasteiger charge is -2.48. The SMILES string of the molecule is CCCCCCCCCCCCCCCC[N+](C)(C)C(OC)(OC)C(C[SiH3])OC. The molecule has 1 atom stereocenters. The largest absolute Gasteiger partial charge is 0.369 e. The standard InChI is InChI=1S/C24H54NO3Si/c1-7-8-9-10-11-12-13-14-15-16-17-18-19-20-21-25(2,3)24(27-5,28-6)23(22-29)26-4/h23H,7-22H2,1-6,29H3/q+1. The molecular formula is C24H54NO3Si+. The van der Waals surface area contributed by atoms with E-state index in [4.69, 9.17) is 14.2 Å². The van der Waals surface area contributed by atoms with Gasteiger partial charge < -0.3 is 14.2 Å². The number of quaternary nitrogens is 1. The number of methoxy groups -OCH3 is 3. The topological polar surface area (TPSA) is 27.7 Å². The Hall–Kier alpha value is 0.0569. The second kappa shape index (κ2) is 17.7. The minimum Gasteiger partial charge on any atom is -0.369 e. The van der Waals surface area contributed by atoms with Crippen molar-refractivity contribution in [1.29, 1.82) is 0 Å². The van der Waals surface area contributed by atoms with Crippen LogP contribution in [0.3, 0.4) is 0 Å². The van der Waals surface area contributed by atoms with Crippen LogP contribution in [0.1, 0.15) is 96.8 Å². The summed E-state index contributed by atoms with van der Waals surface area (Å²) in [7, 11) is 10.7. The second-order valence-corrected chi connectivity index (χ2v) is 9.99. The van der Waals surface area contributed by atoms with E-state index in [-0.39, 0.29) is 6.10 Å². The Balaban J connectivity index is 3.90. The molecule has 176 valence electrons. The lowest BCUT2D eigenvalue weighted by molar-refractivity contribution is -0.999. The summed E-state index contributed by atoms with van der Waals surface area (Å²) in [6.07, 6.45) is 19.4. The van der Waals surface area contributed by atoms with Crippen molar-refractivity contribution in [2.45, 2.75) is 115 Å². The summed E-state index contributed by atoms with van der Waals surface area (Å²) in [4.78, 5) is 0. The molecule has 0 fully saturated rings. The minimum absolute atomic E-state index is 0.0224. The summed E-state index contributed by atoms with van der Waals surface area (Å²) < 4.78 is 18.2. The Bertz CT molecular complexity index is 358. The lowest BCUT2D eigenvalue weighted by Crippen LogP contribution is -2.68. The fourth-order valence-corrected chi connectivity index (χ4v) is 5.51. The van der Waals surface area contributed by atoms with Crippen LogP contribution in [0.15, 0.2) is 0 Å². The Morgan fingerprint density at radius 1 is 0.690 bits per heavy atom. The van der Waals surface area contributed by atoms with E-state index < -0.39 is 5.91 Å². The first-order chi connectivity index (χ1) is 14.0. The molecule has 0 aromatic heterocycles. The van der Waals surface area contributed by atoms with E-state index in [0.717, 1.165) is 22.8 Å². The maximum atomic E-state index is 5.91. The monoisotopic (exact) mass is 432 g/mol. The molecular weight excluding hydrogens is 378 g/mol. The molecule has 0 bridgehead atoms. The van der Waals surface area contributed by atoms with E-state index in [9.17, 15) is 0 Å². The van der Waals surface area contributed by atoms with Crippen molar-refractivity contribution in [3.8, 4) is 0 Å². The summed E-state index contributed by atoms with van der Waals surface area (Å²) in [5, 5.41) is 0. The number of likely N-dealkylation sites (N-methyl/N-ethyl adjacent to an activating group) is 1. The van der Waals surface area contributed by atoms with Gasteiger partial charge in [0.05, 0.1) is 20.6 Å². The van der Waals surface area contributed by atoms with E-state index in [2.05, 4.69) is 21.0 Å². The molecule has 5 heteroatoms. The molecule has 0 saturated heterocycles. The molecule has 0 heterocycles. The third-order valence-corrected chi connectivity index (χ3v) is 7.30. The van der Waals surface area contributed by atoms with Gasteiger partial charge in [0.15, 0.2) is 6.10 Å². The first kappa shape index (κ1) is 29.1. The Morgan fingerprint density at radius 3 is 1.38 bits per heavy atom. The molecule has 0 aliphatic heterocycles. The van der Waals surface area contributed by atoms with Crippen LogP contribution in [0.25, 0.3) is 0 Å². The van der Waals surface area contributed by atoms with Crippen molar-refractivity contribution in [1.82, 2.24) is 0 Å². The number of nitrogens with zero attached hydrogens (tertiary/aromatic N) is 1. The molecule has 0 N–H and O–H groups in total. The molecule has 0 aromatic rings. The highest BCUT2D eigenvalue weighted by Crippen LogP contribution is 2.31. The van der Waals surface area contributed by atoms with Crippen molar-refractivity contribution in [3.63, 3.8) is 0 Å². The summed E-state index contributed by atoms with van der Waals surface area (Å²) in [6, 6.07) is 0.999. The highest BCUT2D eigenvalue weighted by Gasteiger charge is 2.53. The normalized spacial score (nSPS) is 13.9. The first-order valence-corrected chi connectivity index (χ1v) is 13.8. The molecule has 0 amide bonds. The zero-order chi connectivity index (χ0) is 22.0. The van der Waals surface area contributed by atoms with Crippen LogP contribution in [0.5, 0.6) is 0 Å². The fourth-order valence-electron chi connectivity index (χ4n) is 4.66. The summed E-state index contributed by atoms with van der Waals surface area (Å²) >= 11 is 0. The number of hydrogen-bond acceptors (Lipinski definition) is 3. The predicted octanol–water partition coefficient (Wildman–Crippen LogP) is 5.29. The molecule has 0 aliphatic carbocycles. The first-order valence-electron chi connectivity index (χ1n) is 12.4. The van der Waals surface area contributed by atoms with Gasteiger partial charge in [-0.15, -0.1) is 0 Å². The van der Waals surface area contributed by atoms with Gasteiger partial charge in [0.2, 0.25) is 0 Å². The Labute approximate surface area is 186 Å². The van der Waals surface area contributed by atoms with E-state index in [1.165, 1.54) is 89.9 Å². The Kier molecular flexibility index (Phi) is 17.7. The molecule has 0 aliphatic rings. The number of ether oxygens (including phenoxy) is 3. The molecule has 29 heavy (non-hydrogen) atoms. The van der Waals surface area contributed by atoms with Gasteiger partial charge in [-0.25, -0.2) is 0 Å². The molecule has 0 rings (SSSR count). The minimum atomic E-state index is -0.715. The van der Waals surface area contributed by atoms with Crippen LogP contribution in [-0.2, 0) is 14.2 Å². The summed E-state index contributed by atoms with van der Waals surface area (Å²) in [5.41, 5.74) is 0. The van der Waals surface area contributed by atoms with Crippen LogP contribution in [0.2, 0.25) is 6.04 Å². The van der Waals surface area contributed by atoms with E-state index >= 15 is 0 Å². The van der Waals surface area contributed by atoms with Crippen LogP contribution >= 0.6 is 0 Å².